The van der Waals surface area contributed by atoms with E-state index in [0.29, 0.717) is 35.5 Å². The maximum Gasteiger partial charge on any atom is 0.325 e. The molecule has 28 heavy (non-hydrogen) atoms. The molecular formula is C18H19ClN4O4S. The minimum atomic E-state index is -0.365. The van der Waals surface area contributed by atoms with Crippen molar-refractivity contribution >= 4 is 51.7 Å². The van der Waals surface area contributed by atoms with Crippen molar-refractivity contribution in [2.24, 2.45) is 0 Å². The highest BCUT2D eigenvalue weighted by molar-refractivity contribution is 7.13. The van der Waals surface area contributed by atoms with Crippen molar-refractivity contribution in [1.82, 2.24) is 9.88 Å². The first kappa shape index (κ1) is 20.1. The van der Waals surface area contributed by atoms with Gasteiger partial charge in [-0.1, -0.05) is 11.6 Å². The minimum Gasteiger partial charge on any atom is -0.466 e. The number of anilines is 2. The first-order chi connectivity index (χ1) is 13.5. The fourth-order valence-corrected chi connectivity index (χ4v) is 3.58. The lowest BCUT2D eigenvalue weighted by Crippen LogP contribution is -2.37. The van der Waals surface area contributed by atoms with Crippen molar-refractivity contribution < 1.29 is 19.1 Å². The molecule has 10 heteroatoms. The first-order valence-corrected chi connectivity index (χ1v) is 9.94. The SMILES string of the molecule is CCOC(=O)Cc1csc(NC(=O)CN2CCN(c3ccc(Cl)cc3)C2=O)n1. The van der Waals surface area contributed by atoms with Gasteiger partial charge in [-0.25, -0.2) is 9.78 Å². The molecule has 3 amide bonds. The normalized spacial score (nSPS) is 13.7. The van der Waals surface area contributed by atoms with Crippen LogP contribution in [0.1, 0.15) is 12.6 Å². The molecule has 0 spiro atoms. The first-order valence-electron chi connectivity index (χ1n) is 8.68. The summed E-state index contributed by atoms with van der Waals surface area (Å²) in [6, 6.07) is 6.74. The number of ether oxygens (including phenoxy) is 1. The average Bonchev–Trinajstić information content (AvgIpc) is 3.23. The van der Waals surface area contributed by atoms with Crippen molar-refractivity contribution in [2.45, 2.75) is 13.3 Å². The van der Waals surface area contributed by atoms with Gasteiger partial charge in [0.15, 0.2) is 5.13 Å². The summed E-state index contributed by atoms with van der Waals surface area (Å²) in [5, 5.41) is 5.33. The van der Waals surface area contributed by atoms with Crippen LogP contribution >= 0.6 is 22.9 Å². The molecule has 0 aliphatic carbocycles. The van der Waals surface area contributed by atoms with E-state index in [2.05, 4.69) is 10.3 Å². The molecule has 148 valence electrons. The van der Waals surface area contributed by atoms with E-state index in [4.69, 9.17) is 16.3 Å². The molecule has 1 saturated heterocycles. The molecule has 2 heterocycles. The third-order valence-corrected chi connectivity index (χ3v) is 5.06. The molecule has 8 nitrogen and oxygen atoms in total. The fourth-order valence-electron chi connectivity index (χ4n) is 2.73. The number of benzene rings is 1. The molecule has 0 radical (unpaired) electrons. The third kappa shape index (κ3) is 4.99. The number of carbonyl (C=O) groups excluding carboxylic acids is 3. The number of carbonyl (C=O) groups is 3. The zero-order valence-electron chi connectivity index (χ0n) is 15.2. The van der Waals surface area contributed by atoms with E-state index < -0.39 is 0 Å². The van der Waals surface area contributed by atoms with Crippen LogP contribution in [0.3, 0.4) is 0 Å². The largest absolute Gasteiger partial charge is 0.466 e. The van der Waals surface area contributed by atoms with Gasteiger partial charge in [0.05, 0.1) is 18.7 Å². The molecule has 0 atom stereocenters. The number of hydrogen-bond acceptors (Lipinski definition) is 6. The van der Waals surface area contributed by atoms with Gasteiger partial charge in [0.1, 0.15) is 6.54 Å². The van der Waals surface area contributed by atoms with E-state index in [-0.39, 0.29) is 30.9 Å². The topological polar surface area (TPSA) is 91.8 Å². The summed E-state index contributed by atoms with van der Waals surface area (Å²) in [5.41, 5.74) is 1.27. The van der Waals surface area contributed by atoms with Gasteiger partial charge in [-0.3, -0.25) is 14.5 Å². The molecular weight excluding hydrogens is 404 g/mol. The zero-order chi connectivity index (χ0) is 20.1. The quantitative estimate of drug-likeness (QED) is 0.692. The van der Waals surface area contributed by atoms with Crippen LogP contribution in [0.4, 0.5) is 15.6 Å². The van der Waals surface area contributed by atoms with Gasteiger partial charge in [0, 0.05) is 29.2 Å². The second-order valence-corrected chi connectivity index (χ2v) is 7.30. The van der Waals surface area contributed by atoms with Crippen molar-refractivity contribution in [3.8, 4) is 0 Å². The number of nitrogens with one attached hydrogen (secondary N) is 1. The Morgan fingerprint density at radius 2 is 2.04 bits per heavy atom. The standard InChI is InChI=1S/C18H19ClN4O4S/c1-2-27-16(25)9-13-11-28-17(20-13)21-15(24)10-22-7-8-23(18(22)26)14-5-3-12(19)4-6-14/h3-6,11H,2,7-10H2,1H3,(H,20,21,24). The second kappa shape index (κ2) is 9.03. The highest BCUT2D eigenvalue weighted by atomic mass is 35.5. The summed E-state index contributed by atoms with van der Waals surface area (Å²) in [6.07, 6.45) is 0.0564. The highest BCUT2D eigenvalue weighted by Crippen LogP contribution is 2.22. The Hall–Kier alpha value is -2.65. The molecule has 1 aliphatic rings. The lowest BCUT2D eigenvalue weighted by molar-refractivity contribution is -0.142. The van der Waals surface area contributed by atoms with E-state index in [0.717, 1.165) is 5.69 Å². The Labute approximate surface area is 171 Å². The van der Waals surface area contributed by atoms with Crippen LogP contribution in [-0.2, 0) is 20.7 Å². The lowest BCUT2D eigenvalue weighted by Gasteiger charge is -2.18. The van der Waals surface area contributed by atoms with Crippen LogP contribution in [0.25, 0.3) is 0 Å². The lowest BCUT2D eigenvalue weighted by atomic mass is 10.3. The van der Waals surface area contributed by atoms with Crippen LogP contribution in [0.5, 0.6) is 0 Å². The number of aromatic nitrogens is 1. The zero-order valence-corrected chi connectivity index (χ0v) is 16.8. The molecule has 1 N–H and O–H groups in total. The van der Waals surface area contributed by atoms with Crippen molar-refractivity contribution in [1.29, 1.82) is 0 Å². The summed E-state index contributed by atoms with van der Waals surface area (Å²) in [6.45, 7) is 2.91. The van der Waals surface area contributed by atoms with E-state index in [1.807, 2.05) is 0 Å². The van der Waals surface area contributed by atoms with Gasteiger partial charge in [0.2, 0.25) is 5.91 Å². The Morgan fingerprint density at radius 3 is 2.75 bits per heavy atom. The monoisotopic (exact) mass is 422 g/mol. The van der Waals surface area contributed by atoms with Gasteiger partial charge in [-0.05, 0) is 31.2 Å². The summed E-state index contributed by atoms with van der Waals surface area (Å²) in [7, 11) is 0. The van der Waals surface area contributed by atoms with Crippen LogP contribution in [0.15, 0.2) is 29.6 Å². The van der Waals surface area contributed by atoms with Crippen LogP contribution in [0, 0.1) is 0 Å². The molecule has 3 rings (SSSR count). The Balaban J connectivity index is 1.52. The van der Waals surface area contributed by atoms with Crippen LogP contribution in [-0.4, -0.2) is 54.0 Å². The highest BCUT2D eigenvalue weighted by Gasteiger charge is 2.30. The van der Waals surface area contributed by atoms with E-state index in [1.165, 1.54) is 16.2 Å². The number of rotatable bonds is 7. The Bertz CT molecular complexity index is 871. The third-order valence-electron chi connectivity index (χ3n) is 4.00. The number of amides is 3. The molecule has 1 fully saturated rings. The summed E-state index contributed by atoms with van der Waals surface area (Å²) in [4.78, 5) is 43.6. The van der Waals surface area contributed by atoms with E-state index in [9.17, 15) is 14.4 Å². The molecule has 1 aromatic heterocycles. The summed E-state index contributed by atoms with van der Waals surface area (Å²) in [5.74, 6) is -0.709. The van der Waals surface area contributed by atoms with Gasteiger partial charge in [0.25, 0.3) is 0 Å². The van der Waals surface area contributed by atoms with E-state index >= 15 is 0 Å². The molecule has 1 aliphatic heterocycles. The number of hydrogen-bond donors (Lipinski definition) is 1. The van der Waals surface area contributed by atoms with Crippen LogP contribution < -0.4 is 10.2 Å². The van der Waals surface area contributed by atoms with E-state index in [1.54, 1.807) is 41.5 Å². The smallest absolute Gasteiger partial charge is 0.325 e. The molecule has 0 unspecified atom stereocenters. The average molecular weight is 423 g/mol. The van der Waals surface area contributed by atoms with Gasteiger partial charge < -0.3 is 15.0 Å². The maximum atomic E-state index is 12.5. The maximum absolute atomic E-state index is 12.5. The molecule has 1 aromatic carbocycles. The minimum absolute atomic E-state index is 0.0564. The summed E-state index contributed by atoms with van der Waals surface area (Å²) < 4.78 is 4.87. The number of halogens is 1. The van der Waals surface area contributed by atoms with Crippen molar-refractivity contribution in [3.63, 3.8) is 0 Å². The van der Waals surface area contributed by atoms with Gasteiger partial charge >= 0.3 is 12.0 Å². The van der Waals surface area contributed by atoms with Gasteiger partial charge in [-0.2, -0.15) is 0 Å². The van der Waals surface area contributed by atoms with Gasteiger partial charge in [-0.15, -0.1) is 11.3 Å². The van der Waals surface area contributed by atoms with Crippen molar-refractivity contribution in [3.05, 3.63) is 40.4 Å². The fraction of sp³-hybridized carbons (Fsp3) is 0.333. The van der Waals surface area contributed by atoms with Crippen molar-refractivity contribution in [2.75, 3.05) is 36.5 Å². The number of thiazole rings is 1. The number of nitrogens with zero attached hydrogens (tertiary/aromatic N) is 3. The molecule has 0 bridgehead atoms. The Morgan fingerprint density at radius 1 is 1.29 bits per heavy atom. The predicted octanol–water partition coefficient (Wildman–Crippen LogP) is 2.78. The van der Waals surface area contributed by atoms with Crippen LogP contribution in [0.2, 0.25) is 5.02 Å². The molecule has 2 aromatic rings. The summed E-state index contributed by atoms with van der Waals surface area (Å²) >= 11 is 7.10. The number of esters is 1. The Kier molecular flexibility index (Phi) is 6.48. The predicted molar refractivity (Wildman–Crippen MR) is 107 cm³/mol. The second-order valence-electron chi connectivity index (χ2n) is 6.01. The number of urea groups is 1. The molecule has 0 saturated carbocycles.